The van der Waals surface area contributed by atoms with Crippen LogP contribution >= 0.6 is 0 Å². The highest BCUT2D eigenvalue weighted by atomic mass is 16.5. The summed E-state index contributed by atoms with van der Waals surface area (Å²) in [6, 6.07) is 1.35. The number of amidine groups is 1. The molecule has 0 aromatic rings. The van der Waals surface area contributed by atoms with Crippen LogP contribution in [0.5, 0.6) is 0 Å². The predicted molar refractivity (Wildman–Crippen MR) is 87.1 cm³/mol. The fraction of sp³-hybridized carbons (Fsp3) is 0.941. The van der Waals surface area contributed by atoms with Crippen LogP contribution in [-0.4, -0.2) is 24.2 Å². The van der Waals surface area contributed by atoms with Gasteiger partial charge in [-0.2, -0.15) is 0 Å². The first-order valence-corrected chi connectivity index (χ1v) is 8.30. The average molecular weight is 282 g/mol. The Morgan fingerprint density at radius 1 is 1.10 bits per heavy atom. The first-order chi connectivity index (χ1) is 9.29. The van der Waals surface area contributed by atoms with Gasteiger partial charge in [0, 0.05) is 12.1 Å². The van der Waals surface area contributed by atoms with E-state index in [1.807, 2.05) is 0 Å². The average Bonchev–Trinajstić information content (AvgIpc) is 2.26. The normalized spacial score (nSPS) is 28.3. The molecule has 3 heteroatoms. The number of rotatable bonds is 4. The Labute approximate surface area is 125 Å². The molecule has 0 saturated heterocycles. The van der Waals surface area contributed by atoms with E-state index in [9.17, 15) is 0 Å². The molecule has 0 radical (unpaired) electrons. The molecule has 1 N–H and O–H groups in total. The number of nitrogens with one attached hydrogen (secondary N) is 1. The number of ether oxygens (including phenoxy) is 1. The number of nitrogens with zero attached hydrogens (tertiary/aromatic N) is 1. The highest BCUT2D eigenvalue weighted by molar-refractivity contribution is 5.74. The summed E-state index contributed by atoms with van der Waals surface area (Å²) in [4.78, 5) is 4.61. The third-order valence-electron chi connectivity index (χ3n) is 4.01. The van der Waals surface area contributed by atoms with Crippen LogP contribution in [-0.2, 0) is 4.74 Å². The van der Waals surface area contributed by atoms with E-state index in [2.05, 4.69) is 58.8 Å². The van der Waals surface area contributed by atoms with Crippen molar-refractivity contribution < 1.29 is 4.74 Å². The van der Waals surface area contributed by atoms with Gasteiger partial charge in [-0.15, -0.1) is 0 Å². The summed E-state index contributed by atoms with van der Waals surface area (Å²) in [6.45, 7) is 15.4. The lowest BCUT2D eigenvalue weighted by molar-refractivity contribution is 0.0321. The minimum atomic E-state index is 0.259. The quantitative estimate of drug-likeness (QED) is 0.618. The second kappa shape index (κ2) is 7.90. The van der Waals surface area contributed by atoms with Gasteiger partial charge in [0.25, 0.3) is 6.02 Å². The summed E-state index contributed by atoms with van der Waals surface area (Å²) in [5.74, 6) is 2.08. The monoisotopic (exact) mass is 282 g/mol. The van der Waals surface area contributed by atoms with E-state index in [-0.39, 0.29) is 6.04 Å². The van der Waals surface area contributed by atoms with E-state index in [1.165, 1.54) is 12.8 Å². The smallest absolute Gasteiger partial charge is 0.285 e. The molecule has 0 spiro atoms. The van der Waals surface area contributed by atoms with Gasteiger partial charge in [-0.1, -0.05) is 27.2 Å². The molecular weight excluding hydrogens is 248 g/mol. The largest absolute Gasteiger partial charge is 0.462 e. The van der Waals surface area contributed by atoms with Crippen LogP contribution in [0, 0.1) is 17.8 Å². The Morgan fingerprint density at radius 2 is 1.75 bits per heavy atom. The molecule has 0 amide bonds. The molecule has 3 nitrogen and oxygen atoms in total. The Morgan fingerprint density at radius 3 is 2.25 bits per heavy atom. The molecule has 1 rings (SSSR count). The van der Waals surface area contributed by atoms with Crippen molar-refractivity contribution in [3.63, 3.8) is 0 Å². The lowest BCUT2D eigenvalue weighted by Gasteiger charge is -2.37. The number of hydrogen-bond donors (Lipinski definition) is 1. The van der Waals surface area contributed by atoms with Crippen molar-refractivity contribution in [2.45, 2.75) is 85.9 Å². The van der Waals surface area contributed by atoms with Crippen molar-refractivity contribution >= 4 is 6.02 Å². The van der Waals surface area contributed by atoms with E-state index in [1.54, 1.807) is 0 Å². The molecule has 0 heterocycles. The Balaban J connectivity index is 2.77. The summed E-state index contributed by atoms with van der Waals surface area (Å²) < 4.78 is 6.30. The first kappa shape index (κ1) is 17.3. The molecule has 0 unspecified atom stereocenters. The number of hydrogen-bond acceptors (Lipinski definition) is 2. The van der Waals surface area contributed by atoms with Crippen LogP contribution < -0.4 is 5.32 Å². The van der Waals surface area contributed by atoms with Crippen molar-refractivity contribution in [2.24, 2.45) is 22.7 Å². The molecule has 0 aliphatic heterocycles. The standard InChI is InChI=1S/C17H34N2O/c1-11(2)15-9-8-14(7)10-16(15)20-17(18-12(3)4)19-13(5)6/h11-16H,8-10H2,1-7H3,(H,18,19)/t14-,15+,16-/m1/s1. The van der Waals surface area contributed by atoms with Crippen LogP contribution in [0.25, 0.3) is 0 Å². The van der Waals surface area contributed by atoms with E-state index >= 15 is 0 Å². The third-order valence-corrected chi connectivity index (χ3v) is 4.01. The van der Waals surface area contributed by atoms with Gasteiger partial charge in [0.1, 0.15) is 6.10 Å². The zero-order chi connectivity index (χ0) is 15.3. The minimum absolute atomic E-state index is 0.259. The zero-order valence-electron chi connectivity index (χ0n) is 14.4. The van der Waals surface area contributed by atoms with Crippen LogP contribution in [0.1, 0.15) is 67.7 Å². The summed E-state index contributed by atoms with van der Waals surface area (Å²) in [5.41, 5.74) is 0. The fourth-order valence-corrected chi connectivity index (χ4v) is 2.98. The zero-order valence-corrected chi connectivity index (χ0v) is 14.4. The molecule has 0 bridgehead atoms. The molecule has 118 valence electrons. The van der Waals surface area contributed by atoms with Crippen molar-refractivity contribution in [2.75, 3.05) is 0 Å². The maximum Gasteiger partial charge on any atom is 0.285 e. The molecule has 1 aliphatic carbocycles. The van der Waals surface area contributed by atoms with Crippen molar-refractivity contribution in [3.05, 3.63) is 0 Å². The van der Waals surface area contributed by atoms with Crippen LogP contribution in [0.3, 0.4) is 0 Å². The van der Waals surface area contributed by atoms with Gasteiger partial charge in [-0.3, -0.25) is 0 Å². The van der Waals surface area contributed by atoms with Crippen molar-refractivity contribution in [1.82, 2.24) is 5.32 Å². The molecule has 0 aromatic heterocycles. The lowest BCUT2D eigenvalue weighted by atomic mass is 9.75. The molecule has 20 heavy (non-hydrogen) atoms. The van der Waals surface area contributed by atoms with Crippen LogP contribution in [0.15, 0.2) is 4.99 Å². The van der Waals surface area contributed by atoms with E-state index in [4.69, 9.17) is 4.74 Å². The van der Waals surface area contributed by atoms with Gasteiger partial charge in [0.05, 0.1) is 0 Å². The molecule has 1 fully saturated rings. The highest BCUT2D eigenvalue weighted by Crippen LogP contribution is 2.35. The predicted octanol–water partition coefficient (Wildman–Crippen LogP) is 4.23. The van der Waals surface area contributed by atoms with E-state index in [0.29, 0.717) is 24.0 Å². The maximum absolute atomic E-state index is 6.30. The molecular formula is C17H34N2O. The number of aliphatic imine (C=N–C) groups is 1. The topological polar surface area (TPSA) is 33.6 Å². The first-order valence-electron chi connectivity index (χ1n) is 8.30. The van der Waals surface area contributed by atoms with Crippen LogP contribution in [0.2, 0.25) is 0 Å². The SMILES string of the molecule is CC(C)N=C(NC(C)C)O[C@@H]1C[C@H](C)CC[C@H]1C(C)C. The Hall–Kier alpha value is -0.730. The third kappa shape index (κ3) is 5.72. The maximum atomic E-state index is 6.30. The summed E-state index contributed by atoms with van der Waals surface area (Å²) in [7, 11) is 0. The molecule has 1 aliphatic rings. The summed E-state index contributed by atoms with van der Waals surface area (Å²) >= 11 is 0. The fourth-order valence-electron chi connectivity index (χ4n) is 2.98. The second-order valence-electron chi connectivity index (χ2n) is 7.31. The van der Waals surface area contributed by atoms with Gasteiger partial charge >= 0.3 is 0 Å². The summed E-state index contributed by atoms with van der Waals surface area (Å²) in [5, 5.41) is 3.36. The van der Waals surface area contributed by atoms with Crippen molar-refractivity contribution in [1.29, 1.82) is 0 Å². The van der Waals surface area contributed by atoms with E-state index < -0.39 is 0 Å². The second-order valence-corrected chi connectivity index (χ2v) is 7.31. The highest BCUT2D eigenvalue weighted by Gasteiger charge is 2.33. The van der Waals surface area contributed by atoms with Crippen LogP contribution in [0.4, 0.5) is 0 Å². The minimum Gasteiger partial charge on any atom is -0.462 e. The Bertz CT molecular complexity index is 310. The van der Waals surface area contributed by atoms with Gasteiger partial charge in [-0.25, -0.2) is 4.99 Å². The van der Waals surface area contributed by atoms with Gasteiger partial charge in [-0.05, 0) is 58.3 Å². The summed E-state index contributed by atoms with van der Waals surface area (Å²) in [6.07, 6.45) is 4.07. The van der Waals surface area contributed by atoms with Gasteiger partial charge in [0.2, 0.25) is 0 Å². The Kier molecular flexibility index (Phi) is 6.84. The molecule has 0 aromatic carbocycles. The molecule has 1 saturated carbocycles. The van der Waals surface area contributed by atoms with Crippen molar-refractivity contribution in [3.8, 4) is 0 Å². The lowest BCUT2D eigenvalue weighted by Crippen LogP contribution is -2.41. The van der Waals surface area contributed by atoms with E-state index in [0.717, 1.165) is 18.4 Å². The van der Waals surface area contributed by atoms with Gasteiger partial charge < -0.3 is 10.1 Å². The van der Waals surface area contributed by atoms with Gasteiger partial charge in [0.15, 0.2) is 0 Å². The molecule has 3 atom stereocenters.